The number of β-amino-alcohol motifs (C(OH)–C–C–N with tert-alkyl or cyclic N) is 1. The molecule has 0 amide bonds. The minimum absolute atomic E-state index is 0.124. The summed E-state index contributed by atoms with van der Waals surface area (Å²) < 4.78 is 5.93. The Kier molecular flexibility index (Phi) is 9.72. The summed E-state index contributed by atoms with van der Waals surface area (Å²) in [6.45, 7) is 7.36. The Balaban J connectivity index is 1.90. The molecule has 1 aliphatic rings. The molecule has 1 aromatic carbocycles. The minimum Gasteiger partial charge on any atom is -0.491 e. The summed E-state index contributed by atoms with van der Waals surface area (Å²) in [6.07, 6.45) is 4.51. The lowest BCUT2D eigenvalue weighted by atomic mass is 10.2. The maximum absolute atomic E-state index is 10.4. The van der Waals surface area contributed by atoms with Crippen molar-refractivity contribution >= 4 is 11.6 Å². The van der Waals surface area contributed by atoms with E-state index in [0.717, 1.165) is 30.9 Å². The lowest BCUT2D eigenvalue weighted by Gasteiger charge is -2.24. The van der Waals surface area contributed by atoms with Crippen LogP contribution in [0.2, 0.25) is 5.02 Å². The van der Waals surface area contributed by atoms with Gasteiger partial charge in [0.2, 0.25) is 0 Å². The molecule has 2 rings (SSSR count). The molecule has 0 spiro atoms. The van der Waals surface area contributed by atoms with Crippen LogP contribution < -0.4 is 4.74 Å². The summed E-state index contributed by atoms with van der Waals surface area (Å²) >= 11 is 6.15. The van der Waals surface area contributed by atoms with Crippen LogP contribution in [0.25, 0.3) is 0 Å². The Morgan fingerprint density at radius 3 is 2.62 bits per heavy atom. The van der Waals surface area contributed by atoms with E-state index in [0.29, 0.717) is 24.7 Å². The number of benzene rings is 1. The van der Waals surface area contributed by atoms with Crippen molar-refractivity contribution in [2.45, 2.75) is 45.3 Å². The molecule has 2 N–H and O–H groups in total. The Labute approximate surface area is 162 Å². The number of aliphatic hydroxyl groups excluding tert-OH is 2. The topological polar surface area (TPSA) is 56.2 Å². The lowest BCUT2D eigenvalue weighted by Crippen LogP contribution is -2.36. The molecule has 1 atom stereocenters. The van der Waals surface area contributed by atoms with Crippen molar-refractivity contribution < 1.29 is 14.9 Å². The highest BCUT2D eigenvalue weighted by Crippen LogP contribution is 2.24. The molecular formula is C20H33ClN2O3. The largest absolute Gasteiger partial charge is 0.491 e. The molecule has 0 aliphatic carbocycles. The van der Waals surface area contributed by atoms with E-state index in [1.807, 2.05) is 18.2 Å². The zero-order chi connectivity index (χ0) is 18.8. The third-order valence-electron chi connectivity index (χ3n) is 4.88. The van der Waals surface area contributed by atoms with Gasteiger partial charge in [-0.15, -0.1) is 0 Å². The van der Waals surface area contributed by atoms with Crippen LogP contribution in [0, 0.1) is 0 Å². The van der Waals surface area contributed by atoms with Crippen LogP contribution in [-0.2, 0) is 6.54 Å². The quantitative estimate of drug-likeness (QED) is 0.649. The maximum atomic E-state index is 10.4. The Hall–Kier alpha value is -0.850. The van der Waals surface area contributed by atoms with Crippen molar-refractivity contribution in [1.82, 2.24) is 9.80 Å². The molecular weight excluding hydrogens is 352 g/mol. The first-order valence-electron chi connectivity index (χ1n) is 9.77. The van der Waals surface area contributed by atoms with Gasteiger partial charge in [0.1, 0.15) is 18.5 Å². The standard InChI is InChI=1S/C20H33ClN2O3/c1-2-22(11-12-24)14-17-13-18(21)7-8-20(17)26-16-19(25)15-23-9-5-3-4-6-10-23/h7-8,13,19,24-25H,2-6,9-12,14-16H2,1H3/t19-/m0/s1. The average molecular weight is 385 g/mol. The highest BCUT2D eigenvalue weighted by molar-refractivity contribution is 6.30. The first kappa shape index (κ1) is 21.5. The number of nitrogens with zero attached hydrogens (tertiary/aromatic N) is 2. The van der Waals surface area contributed by atoms with Gasteiger partial charge in [-0.25, -0.2) is 0 Å². The maximum Gasteiger partial charge on any atom is 0.124 e. The van der Waals surface area contributed by atoms with Crippen molar-refractivity contribution in [3.05, 3.63) is 28.8 Å². The zero-order valence-electron chi connectivity index (χ0n) is 15.9. The van der Waals surface area contributed by atoms with Crippen LogP contribution in [-0.4, -0.2) is 72.1 Å². The van der Waals surface area contributed by atoms with Crippen LogP contribution in [0.15, 0.2) is 18.2 Å². The summed E-state index contributed by atoms with van der Waals surface area (Å²) in [5, 5.41) is 20.2. The molecule has 1 saturated heterocycles. The van der Waals surface area contributed by atoms with E-state index in [1.54, 1.807) is 0 Å². The van der Waals surface area contributed by atoms with Gasteiger partial charge in [0, 0.05) is 30.2 Å². The molecule has 1 fully saturated rings. The number of rotatable bonds is 10. The first-order chi connectivity index (χ1) is 12.6. The number of ether oxygens (including phenoxy) is 1. The van der Waals surface area contributed by atoms with E-state index < -0.39 is 6.10 Å². The molecule has 0 aromatic heterocycles. The highest BCUT2D eigenvalue weighted by atomic mass is 35.5. The minimum atomic E-state index is -0.503. The van der Waals surface area contributed by atoms with Crippen LogP contribution in [0.3, 0.4) is 0 Å². The molecule has 1 aromatic rings. The Morgan fingerprint density at radius 1 is 1.23 bits per heavy atom. The number of likely N-dealkylation sites (tertiary alicyclic amines) is 1. The molecule has 0 saturated carbocycles. The lowest BCUT2D eigenvalue weighted by molar-refractivity contribution is 0.0686. The van der Waals surface area contributed by atoms with Gasteiger partial charge in [-0.2, -0.15) is 0 Å². The molecule has 148 valence electrons. The second-order valence-electron chi connectivity index (χ2n) is 7.02. The van der Waals surface area contributed by atoms with Crippen LogP contribution >= 0.6 is 11.6 Å². The van der Waals surface area contributed by atoms with Gasteiger partial charge >= 0.3 is 0 Å². The number of hydrogen-bond acceptors (Lipinski definition) is 5. The molecule has 1 aliphatic heterocycles. The van der Waals surface area contributed by atoms with Crippen molar-refractivity contribution in [3.63, 3.8) is 0 Å². The summed E-state index contributed by atoms with van der Waals surface area (Å²) in [5.41, 5.74) is 0.981. The fourth-order valence-electron chi connectivity index (χ4n) is 3.40. The van der Waals surface area contributed by atoms with E-state index >= 15 is 0 Å². The smallest absolute Gasteiger partial charge is 0.124 e. The van der Waals surface area contributed by atoms with Gasteiger partial charge in [0.15, 0.2) is 0 Å². The third kappa shape index (κ3) is 7.41. The van der Waals surface area contributed by atoms with Gasteiger partial charge in [-0.3, -0.25) is 4.90 Å². The molecule has 6 heteroatoms. The van der Waals surface area contributed by atoms with Gasteiger partial charge in [0.05, 0.1) is 6.61 Å². The fraction of sp³-hybridized carbons (Fsp3) is 0.700. The van der Waals surface area contributed by atoms with Gasteiger partial charge in [-0.1, -0.05) is 31.4 Å². The van der Waals surface area contributed by atoms with E-state index in [2.05, 4.69) is 16.7 Å². The molecule has 0 bridgehead atoms. The van der Waals surface area contributed by atoms with E-state index in [9.17, 15) is 10.2 Å². The fourth-order valence-corrected chi connectivity index (χ4v) is 3.59. The van der Waals surface area contributed by atoms with Crippen LogP contribution in [0.4, 0.5) is 0 Å². The van der Waals surface area contributed by atoms with Gasteiger partial charge < -0.3 is 19.8 Å². The number of hydrogen-bond donors (Lipinski definition) is 2. The molecule has 26 heavy (non-hydrogen) atoms. The molecule has 1 heterocycles. The second kappa shape index (κ2) is 11.8. The number of likely N-dealkylation sites (N-methyl/N-ethyl adjacent to an activating group) is 1. The highest BCUT2D eigenvalue weighted by Gasteiger charge is 2.16. The van der Waals surface area contributed by atoms with E-state index in [4.69, 9.17) is 16.3 Å². The number of aliphatic hydroxyl groups is 2. The SMILES string of the molecule is CCN(CCO)Cc1cc(Cl)ccc1OC[C@@H](O)CN1CCCCCC1. The summed E-state index contributed by atoms with van der Waals surface area (Å²) in [5.74, 6) is 0.751. The summed E-state index contributed by atoms with van der Waals surface area (Å²) in [4.78, 5) is 4.47. The predicted molar refractivity (Wildman–Crippen MR) is 106 cm³/mol. The summed E-state index contributed by atoms with van der Waals surface area (Å²) in [6, 6.07) is 5.57. The molecule has 0 radical (unpaired) electrons. The Bertz CT molecular complexity index is 522. The van der Waals surface area contributed by atoms with Crippen LogP contribution in [0.1, 0.15) is 38.2 Å². The van der Waals surface area contributed by atoms with Crippen molar-refractivity contribution in [3.8, 4) is 5.75 Å². The van der Waals surface area contributed by atoms with E-state index in [-0.39, 0.29) is 13.2 Å². The third-order valence-corrected chi connectivity index (χ3v) is 5.11. The number of halogens is 1. The molecule has 5 nitrogen and oxygen atoms in total. The summed E-state index contributed by atoms with van der Waals surface area (Å²) in [7, 11) is 0. The Morgan fingerprint density at radius 2 is 1.96 bits per heavy atom. The van der Waals surface area contributed by atoms with E-state index in [1.165, 1.54) is 25.7 Å². The second-order valence-corrected chi connectivity index (χ2v) is 7.46. The monoisotopic (exact) mass is 384 g/mol. The molecule has 0 unspecified atom stereocenters. The predicted octanol–water partition coefficient (Wildman–Crippen LogP) is 2.77. The van der Waals surface area contributed by atoms with Crippen LogP contribution in [0.5, 0.6) is 5.75 Å². The van der Waals surface area contributed by atoms with Crippen molar-refractivity contribution in [2.24, 2.45) is 0 Å². The zero-order valence-corrected chi connectivity index (χ0v) is 16.6. The van der Waals surface area contributed by atoms with Gasteiger partial charge in [-0.05, 0) is 50.7 Å². The normalized spacial score (nSPS) is 17.3. The van der Waals surface area contributed by atoms with Gasteiger partial charge in [0.25, 0.3) is 0 Å². The van der Waals surface area contributed by atoms with Crippen molar-refractivity contribution in [1.29, 1.82) is 0 Å². The van der Waals surface area contributed by atoms with Crippen molar-refractivity contribution in [2.75, 3.05) is 45.9 Å². The average Bonchev–Trinajstić information content (AvgIpc) is 2.89. The first-order valence-corrected chi connectivity index (χ1v) is 10.1.